The van der Waals surface area contributed by atoms with Crippen LogP contribution in [0.2, 0.25) is 0 Å². The number of aliphatic hydroxyl groups is 1. The highest BCUT2D eigenvalue weighted by atomic mass is 19.4. The van der Waals surface area contributed by atoms with Gasteiger partial charge in [0.2, 0.25) is 0 Å². The maximum Gasteiger partial charge on any atom is 0.416 e. The number of hydrogen-bond donors (Lipinski definition) is 1. The smallest absolute Gasteiger partial charge is 0.393 e. The second-order valence-corrected chi connectivity index (χ2v) is 7.08. The number of nitrogens with zero attached hydrogens (tertiary/aromatic N) is 5. The predicted molar refractivity (Wildman–Crippen MR) is 100 cm³/mol. The summed E-state index contributed by atoms with van der Waals surface area (Å²) in [6.45, 7) is 2.05. The Morgan fingerprint density at radius 3 is 2.28 bits per heavy atom. The summed E-state index contributed by atoms with van der Waals surface area (Å²) in [4.78, 5) is 6.23. The van der Waals surface area contributed by atoms with E-state index in [9.17, 15) is 18.3 Å². The summed E-state index contributed by atoms with van der Waals surface area (Å²) < 4.78 is 40.2. The van der Waals surface area contributed by atoms with Gasteiger partial charge in [-0.05, 0) is 49.2 Å². The molecule has 3 aromatic rings. The van der Waals surface area contributed by atoms with Crippen LogP contribution in [-0.2, 0) is 12.7 Å². The lowest BCUT2D eigenvalue weighted by Crippen LogP contribution is -2.35. The third kappa shape index (κ3) is 4.30. The first-order chi connectivity index (χ1) is 13.9. The fraction of sp³-hybridized carbons (Fsp3) is 0.350. The van der Waals surface area contributed by atoms with Gasteiger partial charge in [0, 0.05) is 37.6 Å². The molecule has 0 amide bonds. The highest BCUT2D eigenvalue weighted by molar-refractivity contribution is 5.63. The van der Waals surface area contributed by atoms with Gasteiger partial charge in [-0.25, -0.2) is 4.68 Å². The number of rotatable bonds is 4. The number of hydrogen-bond acceptors (Lipinski definition) is 5. The minimum Gasteiger partial charge on any atom is -0.393 e. The standard InChI is InChI=1S/C20H20F3N5O/c21-20(22,23)15-1-3-16(4-2-15)28-19(14-5-9-24-10-6-14)18(25-26-28)13-27-11-7-17(29)8-12-27/h1-6,9-10,17,29H,7-8,11-13H2. The van der Waals surface area contributed by atoms with Gasteiger partial charge in [0.05, 0.1) is 23.0 Å². The van der Waals surface area contributed by atoms with Crippen LogP contribution in [0.5, 0.6) is 0 Å². The molecule has 1 aliphatic rings. The van der Waals surface area contributed by atoms with Crippen molar-refractivity contribution in [3.8, 4) is 16.9 Å². The van der Waals surface area contributed by atoms with Crippen molar-refractivity contribution in [2.75, 3.05) is 13.1 Å². The van der Waals surface area contributed by atoms with Crippen molar-refractivity contribution < 1.29 is 18.3 Å². The summed E-state index contributed by atoms with van der Waals surface area (Å²) >= 11 is 0. The molecular formula is C20H20F3N5O. The van der Waals surface area contributed by atoms with Gasteiger partial charge in [-0.3, -0.25) is 9.88 Å². The number of piperidine rings is 1. The second-order valence-electron chi connectivity index (χ2n) is 7.08. The molecule has 1 N–H and O–H groups in total. The first-order valence-corrected chi connectivity index (χ1v) is 9.35. The highest BCUT2D eigenvalue weighted by Crippen LogP contribution is 2.31. The van der Waals surface area contributed by atoms with Crippen LogP contribution in [0.15, 0.2) is 48.8 Å². The van der Waals surface area contributed by atoms with E-state index in [-0.39, 0.29) is 6.10 Å². The zero-order valence-corrected chi connectivity index (χ0v) is 15.5. The van der Waals surface area contributed by atoms with Gasteiger partial charge in [0.15, 0.2) is 0 Å². The molecule has 1 fully saturated rings. The SMILES string of the molecule is OC1CCN(Cc2nnn(-c3ccc(C(F)(F)F)cc3)c2-c2ccncc2)CC1. The van der Waals surface area contributed by atoms with E-state index in [2.05, 4.69) is 20.2 Å². The maximum absolute atomic E-state index is 12.9. The zero-order valence-electron chi connectivity index (χ0n) is 15.5. The molecule has 1 saturated heterocycles. The Balaban J connectivity index is 1.70. The molecule has 0 bridgehead atoms. The van der Waals surface area contributed by atoms with Crippen molar-refractivity contribution >= 4 is 0 Å². The van der Waals surface area contributed by atoms with Crippen molar-refractivity contribution in [2.45, 2.75) is 31.7 Å². The van der Waals surface area contributed by atoms with Crippen molar-refractivity contribution in [3.63, 3.8) is 0 Å². The Bertz CT molecular complexity index is 948. The van der Waals surface area contributed by atoms with Crippen LogP contribution in [0, 0.1) is 0 Å². The van der Waals surface area contributed by atoms with Crippen LogP contribution in [0.25, 0.3) is 16.9 Å². The predicted octanol–water partition coefficient (Wildman–Crippen LogP) is 3.30. The molecule has 0 atom stereocenters. The van der Waals surface area contributed by atoms with E-state index in [1.54, 1.807) is 17.1 Å². The number of likely N-dealkylation sites (tertiary alicyclic amines) is 1. The fourth-order valence-electron chi connectivity index (χ4n) is 3.48. The minimum absolute atomic E-state index is 0.270. The van der Waals surface area contributed by atoms with Crippen molar-refractivity contribution in [1.82, 2.24) is 24.9 Å². The largest absolute Gasteiger partial charge is 0.416 e. The van der Waals surface area contributed by atoms with Crippen LogP contribution in [0.4, 0.5) is 13.2 Å². The maximum atomic E-state index is 12.9. The van der Waals surface area contributed by atoms with E-state index < -0.39 is 11.7 Å². The summed E-state index contributed by atoms with van der Waals surface area (Å²) in [6.07, 6.45) is 0.0587. The number of halogens is 3. The van der Waals surface area contributed by atoms with Crippen molar-refractivity contribution in [3.05, 3.63) is 60.0 Å². The average Bonchev–Trinajstić information content (AvgIpc) is 3.13. The van der Waals surface area contributed by atoms with Crippen molar-refractivity contribution in [2.24, 2.45) is 0 Å². The van der Waals surface area contributed by atoms with E-state index in [1.807, 2.05) is 12.1 Å². The van der Waals surface area contributed by atoms with E-state index in [4.69, 9.17) is 0 Å². The van der Waals surface area contributed by atoms with E-state index in [0.717, 1.165) is 42.2 Å². The fourth-order valence-corrected chi connectivity index (χ4v) is 3.48. The summed E-state index contributed by atoms with van der Waals surface area (Å²) in [7, 11) is 0. The van der Waals surface area contributed by atoms with Gasteiger partial charge in [0.1, 0.15) is 5.69 Å². The Kier molecular flexibility index (Phi) is 5.33. The molecule has 0 spiro atoms. The zero-order chi connectivity index (χ0) is 20.4. The van der Waals surface area contributed by atoms with Crippen molar-refractivity contribution in [1.29, 1.82) is 0 Å². The third-order valence-electron chi connectivity index (χ3n) is 5.06. The molecule has 0 radical (unpaired) electrons. The number of aliphatic hydroxyl groups excluding tert-OH is 1. The van der Waals surface area contributed by atoms with Gasteiger partial charge >= 0.3 is 6.18 Å². The molecule has 4 rings (SSSR count). The van der Waals surface area contributed by atoms with E-state index >= 15 is 0 Å². The van der Waals surface area contributed by atoms with Gasteiger partial charge < -0.3 is 5.11 Å². The molecule has 29 heavy (non-hydrogen) atoms. The summed E-state index contributed by atoms with van der Waals surface area (Å²) in [6, 6.07) is 8.51. The molecule has 0 unspecified atom stereocenters. The lowest BCUT2D eigenvalue weighted by molar-refractivity contribution is -0.137. The molecule has 0 saturated carbocycles. The lowest BCUT2D eigenvalue weighted by atomic mass is 10.1. The third-order valence-corrected chi connectivity index (χ3v) is 5.06. The van der Waals surface area contributed by atoms with E-state index in [0.29, 0.717) is 25.1 Å². The Morgan fingerprint density at radius 2 is 1.66 bits per heavy atom. The summed E-state index contributed by atoms with van der Waals surface area (Å²) in [5.74, 6) is 0. The van der Waals surface area contributed by atoms with Crippen LogP contribution in [0.1, 0.15) is 24.1 Å². The number of alkyl halides is 3. The van der Waals surface area contributed by atoms with Gasteiger partial charge in [-0.2, -0.15) is 13.2 Å². The highest BCUT2D eigenvalue weighted by Gasteiger charge is 2.30. The molecule has 3 heterocycles. The quantitative estimate of drug-likeness (QED) is 0.724. The average molecular weight is 403 g/mol. The number of aromatic nitrogens is 4. The van der Waals surface area contributed by atoms with Crippen LogP contribution < -0.4 is 0 Å². The number of pyridine rings is 1. The molecule has 1 aromatic carbocycles. The first-order valence-electron chi connectivity index (χ1n) is 9.35. The second kappa shape index (κ2) is 7.92. The van der Waals surface area contributed by atoms with E-state index in [1.165, 1.54) is 12.1 Å². The molecule has 0 aliphatic carbocycles. The Labute approximate surface area is 165 Å². The Morgan fingerprint density at radius 1 is 1.00 bits per heavy atom. The number of benzene rings is 1. The monoisotopic (exact) mass is 403 g/mol. The van der Waals surface area contributed by atoms with Crippen LogP contribution in [0.3, 0.4) is 0 Å². The summed E-state index contributed by atoms with van der Waals surface area (Å²) in [5.41, 5.74) is 2.07. The van der Waals surface area contributed by atoms with Gasteiger partial charge in [-0.15, -0.1) is 5.10 Å². The summed E-state index contributed by atoms with van der Waals surface area (Å²) in [5, 5.41) is 18.3. The van der Waals surface area contributed by atoms with Crippen LogP contribution in [-0.4, -0.2) is 49.2 Å². The molecule has 2 aromatic heterocycles. The van der Waals surface area contributed by atoms with Crippen LogP contribution >= 0.6 is 0 Å². The van der Waals surface area contributed by atoms with Gasteiger partial charge in [0.25, 0.3) is 0 Å². The Hall–Kier alpha value is -2.78. The molecule has 9 heteroatoms. The normalized spacial score (nSPS) is 16.3. The van der Waals surface area contributed by atoms with Gasteiger partial charge in [-0.1, -0.05) is 5.21 Å². The molecule has 152 valence electrons. The first kappa shape index (κ1) is 19.5. The lowest BCUT2D eigenvalue weighted by Gasteiger charge is -2.28. The topological polar surface area (TPSA) is 67.1 Å². The molecule has 6 nitrogen and oxygen atoms in total. The molecular weight excluding hydrogens is 383 g/mol. The minimum atomic E-state index is -4.39. The molecule has 1 aliphatic heterocycles.